The zero-order chi connectivity index (χ0) is 13.0. The number of hydrogen-bond donors (Lipinski definition) is 2. The number of rotatable bonds is 6. The van der Waals surface area contributed by atoms with Crippen molar-refractivity contribution in [3.8, 4) is 0 Å². The molecule has 2 amide bonds. The number of amides is 2. The van der Waals surface area contributed by atoms with Crippen molar-refractivity contribution in [2.75, 3.05) is 13.6 Å². The van der Waals surface area contributed by atoms with Crippen LogP contribution in [0.5, 0.6) is 0 Å². The Balaban J connectivity index is 2.31. The summed E-state index contributed by atoms with van der Waals surface area (Å²) in [5.74, 6) is 0.118. The topological polar surface area (TPSA) is 75.4 Å². The van der Waals surface area contributed by atoms with Crippen molar-refractivity contribution in [1.29, 1.82) is 0 Å². The zero-order valence-electron chi connectivity index (χ0n) is 10.9. The molecule has 0 saturated heterocycles. The first-order chi connectivity index (χ1) is 7.90. The van der Waals surface area contributed by atoms with E-state index in [1.807, 2.05) is 13.8 Å². The van der Waals surface area contributed by atoms with Gasteiger partial charge in [0, 0.05) is 13.1 Å². The highest BCUT2D eigenvalue weighted by Gasteiger charge is 2.25. The molecule has 1 fully saturated rings. The van der Waals surface area contributed by atoms with Gasteiger partial charge >= 0.3 is 0 Å². The monoisotopic (exact) mass is 241 g/mol. The van der Waals surface area contributed by atoms with Crippen LogP contribution in [0.4, 0.5) is 0 Å². The first kappa shape index (κ1) is 14.0. The SMILES string of the molecule is CC(C)CC(N)C(=O)N(C)CC(=O)NC1CC1. The predicted molar refractivity (Wildman–Crippen MR) is 66.2 cm³/mol. The van der Waals surface area contributed by atoms with Crippen LogP contribution < -0.4 is 11.1 Å². The summed E-state index contributed by atoms with van der Waals surface area (Å²) in [6.07, 6.45) is 2.75. The molecule has 5 heteroatoms. The van der Waals surface area contributed by atoms with E-state index in [-0.39, 0.29) is 18.4 Å². The van der Waals surface area contributed by atoms with E-state index < -0.39 is 6.04 Å². The highest BCUT2D eigenvalue weighted by atomic mass is 16.2. The van der Waals surface area contributed by atoms with E-state index in [9.17, 15) is 9.59 Å². The average molecular weight is 241 g/mol. The molecule has 1 saturated carbocycles. The number of carbonyl (C=O) groups is 2. The minimum absolute atomic E-state index is 0.0971. The normalized spacial score (nSPS) is 16.8. The number of nitrogens with two attached hydrogens (primary N) is 1. The molecule has 0 heterocycles. The Labute approximate surface area is 103 Å². The van der Waals surface area contributed by atoms with Crippen LogP contribution in [0, 0.1) is 5.92 Å². The second kappa shape index (κ2) is 6.00. The molecule has 17 heavy (non-hydrogen) atoms. The lowest BCUT2D eigenvalue weighted by Gasteiger charge is -2.21. The van der Waals surface area contributed by atoms with Crippen LogP contribution in [0.25, 0.3) is 0 Å². The van der Waals surface area contributed by atoms with Crippen molar-refractivity contribution in [3.05, 3.63) is 0 Å². The van der Waals surface area contributed by atoms with Gasteiger partial charge in [0.15, 0.2) is 0 Å². The second-order valence-corrected chi connectivity index (χ2v) is 5.27. The van der Waals surface area contributed by atoms with Gasteiger partial charge in [0.25, 0.3) is 0 Å². The molecule has 0 spiro atoms. The minimum Gasteiger partial charge on any atom is -0.352 e. The standard InChI is InChI=1S/C12H23N3O2/c1-8(2)6-10(13)12(17)15(3)7-11(16)14-9-4-5-9/h8-10H,4-7,13H2,1-3H3,(H,14,16). The van der Waals surface area contributed by atoms with Crippen LogP contribution in [-0.4, -0.2) is 42.4 Å². The Morgan fingerprint density at radius 1 is 1.41 bits per heavy atom. The quantitative estimate of drug-likeness (QED) is 0.692. The molecule has 0 bridgehead atoms. The first-order valence-corrected chi connectivity index (χ1v) is 6.20. The fourth-order valence-corrected chi connectivity index (χ4v) is 1.69. The summed E-state index contributed by atoms with van der Waals surface area (Å²) < 4.78 is 0. The van der Waals surface area contributed by atoms with Gasteiger partial charge in [-0.1, -0.05) is 13.8 Å². The molecule has 0 aromatic heterocycles. The third-order valence-electron chi connectivity index (χ3n) is 2.74. The second-order valence-electron chi connectivity index (χ2n) is 5.27. The number of likely N-dealkylation sites (N-methyl/N-ethyl adjacent to an activating group) is 1. The van der Waals surface area contributed by atoms with Gasteiger partial charge in [-0.05, 0) is 25.2 Å². The highest BCUT2D eigenvalue weighted by Crippen LogP contribution is 2.18. The summed E-state index contributed by atoms with van der Waals surface area (Å²) >= 11 is 0. The summed E-state index contributed by atoms with van der Waals surface area (Å²) in [6, 6.07) is -0.177. The molecule has 0 radical (unpaired) electrons. The van der Waals surface area contributed by atoms with Gasteiger partial charge in [0.05, 0.1) is 12.6 Å². The van der Waals surface area contributed by atoms with Crippen molar-refractivity contribution < 1.29 is 9.59 Å². The Bertz CT molecular complexity index is 287. The van der Waals surface area contributed by atoms with Gasteiger partial charge < -0.3 is 16.0 Å². The maximum Gasteiger partial charge on any atom is 0.239 e. The van der Waals surface area contributed by atoms with Gasteiger partial charge in [0.1, 0.15) is 0 Å². The molecule has 1 rings (SSSR count). The van der Waals surface area contributed by atoms with Crippen molar-refractivity contribution in [2.45, 2.75) is 45.2 Å². The molecule has 0 aromatic rings. The third kappa shape index (κ3) is 5.17. The van der Waals surface area contributed by atoms with Crippen LogP contribution >= 0.6 is 0 Å². The minimum atomic E-state index is -0.506. The molecule has 98 valence electrons. The van der Waals surface area contributed by atoms with E-state index in [1.54, 1.807) is 7.05 Å². The molecular weight excluding hydrogens is 218 g/mol. The summed E-state index contributed by atoms with van der Waals surface area (Å²) in [4.78, 5) is 24.8. The zero-order valence-corrected chi connectivity index (χ0v) is 10.9. The van der Waals surface area contributed by atoms with Gasteiger partial charge in [-0.15, -0.1) is 0 Å². The Kier molecular flexibility index (Phi) is 4.93. The molecule has 5 nitrogen and oxygen atoms in total. The lowest BCUT2D eigenvalue weighted by atomic mass is 10.0. The fraction of sp³-hybridized carbons (Fsp3) is 0.833. The Hall–Kier alpha value is -1.10. The third-order valence-corrected chi connectivity index (χ3v) is 2.74. The first-order valence-electron chi connectivity index (χ1n) is 6.20. The molecule has 1 aliphatic rings. The van der Waals surface area contributed by atoms with Crippen molar-refractivity contribution in [3.63, 3.8) is 0 Å². The van der Waals surface area contributed by atoms with Gasteiger partial charge in [-0.25, -0.2) is 0 Å². The summed E-state index contributed by atoms with van der Waals surface area (Å²) in [7, 11) is 1.62. The van der Waals surface area contributed by atoms with Crippen LogP contribution in [0.15, 0.2) is 0 Å². The molecule has 0 aromatic carbocycles. The van der Waals surface area contributed by atoms with Crippen molar-refractivity contribution in [2.24, 2.45) is 11.7 Å². The van der Waals surface area contributed by atoms with E-state index in [1.165, 1.54) is 4.90 Å². The van der Waals surface area contributed by atoms with Crippen LogP contribution in [0.3, 0.4) is 0 Å². The van der Waals surface area contributed by atoms with Crippen LogP contribution in [0.2, 0.25) is 0 Å². The number of nitrogens with one attached hydrogen (secondary N) is 1. The summed E-state index contributed by atoms with van der Waals surface area (Å²) in [5, 5.41) is 2.85. The molecule has 1 aliphatic carbocycles. The molecule has 1 unspecified atom stereocenters. The lowest BCUT2D eigenvalue weighted by molar-refractivity contribution is -0.136. The highest BCUT2D eigenvalue weighted by molar-refractivity contribution is 5.87. The van der Waals surface area contributed by atoms with E-state index in [2.05, 4.69) is 5.32 Å². The number of carbonyl (C=O) groups excluding carboxylic acids is 2. The van der Waals surface area contributed by atoms with E-state index in [4.69, 9.17) is 5.73 Å². The van der Waals surface area contributed by atoms with Crippen LogP contribution in [0.1, 0.15) is 33.1 Å². The van der Waals surface area contributed by atoms with E-state index in [0.29, 0.717) is 18.4 Å². The van der Waals surface area contributed by atoms with E-state index >= 15 is 0 Å². The molecule has 3 N–H and O–H groups in total. The van der Waals surface area contributed by atoms with Gasteiger partial charge in [-0.2, -0.15) is 0 Å². The summed E-state index contributed by atoms with van der Waals surface area (Å²) in [6.45, 7) is 4.14. The Morgan fingerprint density at radius 2 is 2.00 bits per heavy atom. The number of hydrogen-bond acceptors (Lipinski definition) is 3. The summed E-state index contributed by atoms with van der Waals surface area (Å²) in [5.41, 5.74) is 5.79. The van der Waals surface area contributed by atoms with Gasteiger partial charge in [-0.3, -0.25) is 9.59 Å². The Morgan fingerprint density at radius 3 is 2.47 bits per heavy atom. The smallest absolute Gasteiger partial charge is 0.239 e. The van der Waals surface area contributed by atoms with Gasteiger partial charge in [0.2, 0.25) is 11.8 Å². The fourth-order valence-electron chi connectivity index (χ4n) is 1.69. The van der Waals surface area contributed by atoms with Crippen LogP contribution in [-0.2, 0) is 9.59 Å². The molecule has 1 atom stereocenters. The van der Waals surface area contributed by atoms with Crippen molar-refractivity contribution >= 4 is 11.8 Å². The maximum atomic E-state index is 11.8. The molecule has 0 aliphatic heterocycles. The molecular formula is C12H23N3O2. The van der Waals surface area contributed by atoms with Crippen molar-refractivity contribution in [1.82, 2.24) is 10.2 Å². The van der Waals surface area contributed by atoms with E-state index in [0.717, 1.165) is 12.8 Å². The predicted octanol–water partition coefficient (Wildman–Crippen LogP) is 0.0968. The largest absolute Gasteiger partial charge is 0.352 e. The maximum absolute atomic E-state index is 11.8. The average Bonchev–Trinajstić information content (AvgIpc) is 2.98. The number of nitrogens with zero attached hydrogens (tertiary/aromatic N) is 1. The lowest BCUT2D eigenvalue weighted by Crippen LogP contribution is -2.46.